The van der Waals surface area contributed by atoms with E-state index in [0.29, 0.717) is 28.0 Å². The first-order chi connectivity index (χ1) is 10.7. The molecule has 1 aliphatic heterocycles. The van der Waals surface area contributed by atoms with Gasteiger partial charge in [0.2, 0.25) is 0 Å². The SMILES string of the molecule is COc1cc(C#N)ccc1CN1C(=O)c2ccccc2C1=O. The lowest BCUT2D eigenvalue weighted by molar-refractivity contribution is 0.0641. The zero-order valence-electron chi connectivity index (χ0n) is 11.9. The second kappa shape index (κ2) is 5.34. The summed E-state index contributed by atoms with van der Waals surface area (Å²) in [4.78, 5) is 25.9. The summed E-state index contributed by atoms with van der Waals surface area (Å²) in [6.07, 6.45) is 0. The Balaban J connectivity index is 1.94. The van der Waals surface area contributed by atoms with Gasteiger partial charge in [-0.15, -0.1) is 0 Å². The molecule has 108 valence electrons. The van der Waals surface area contributed by atoms with E-state index in [1.807, 2.05) is 6.07 Å². The molecule has 22 heavy (non-hydrogen) atoms. The molecule has 0 spiro atoms. The van der Waals surface area contributed by atoms with Gasteiger partial charge >= 0.3 is 0 Å². The molecule has 2 aromatic rings. The van der Waals surface area contributed by atoms with Gasteiger partial charge in [-0.3, -0.25) is 14.5 Å². The number of amides is 2. The second-order valence-electron chi connectivity index (χ2n) is 4.88. The van der Waals surface area contributed by atoms with Crippen LogP contribution in [0.5, 0.6) is 5.75 Å². The summed E-state index contributed by atoms with van der Waals surface area (Å²) >= 11 is 0. The lowest BCUT2D eigenvalue weighted by Crippen LogP contribution is -2.29. The van der Waals surface area contributed by atoms with Crippen molar-refractivity contribution in [1.82, 2.24) is 4.90 Å². The third kappa shape index (κ3) is 2.11. The smallest absolute Gasteiger partial charge is 0.261 e. The Morgan fingerprint density at radius 3 is 2.27 bits per heavy atom. The van der Waals surface area contributed by atoms with Gasteiger partial charge < -0.3 is 4.74 Å². The summed E-state index contributed by atoms with van der Waals surface area (Å²) in [6, 6.07) is 13.7. The molecule has 3 rings (SSSR count). The summed E-state index contributed by atoms with van der Waals surface area (Å²) in [5.41, 5.74) is 1.97. The summed E-state index contributed by atoms with van der Waals surface area (Å²) in [5, 5.41) is 8.91. The minimum absolute atomic E-state index is 0.112. The number of methoxy groups -OCH3 is 1. The van der Waals surface area contributed by atoms with Crippen LogP contribution >= 0.6 is 0 Å². The molecule has 0 saturated carbocycles. The van der Waals surface area contributed by atoms with Crippen molar-refractivity contribution in [1.29, 1.82) is 5.26 Å². The molecule has 0 saturated heterocycles. The van der Waals surface area contributed by atoms with Crippen LogP contribution in [0.3, 0.4) is 0 Å². The zero-order chi connectivity index (χ0) is 15.7. The van der Waals surface area contributed by atoms with Crippen LogP contribution in [0.15, 0.2) is 42.5 Å². The summed E-state index contributed by atoms with van der Waals surface area (Å²) in [7, 11) is 1.49. The summed E-state index contributed by atoms with van der Waals surface area (Å²) in [5.74, 6) is -0.144. The molecule has 5 heteroatoms. The van der Waals surface area contributed by atoms with E-state index >= 15 is 0 Å². The largest absolute Gasteiger partial charge is 0.496 e. The Hall–Kier alpha value is -3.13. The Bertz CT molecular complexity index is 786. The third-order valence-electron chi connectivity index (χ3n) is 3.62. The number of carbonyl (C=O) groups excluding carboxylic acids is 2. The van der Waals surface area contributed by atoms with Crippen LogP contribution in [0.2, 0.25) is 0 Å². The van der Waals surface area contributed by atoms with E-state index < -0.39 is 0 Å². The zero-order valence-corrected chi connectivity index (χ0v) is 11.9. The normalized spacial score (nSPS) is 13.0. The molecule has 0 aliphatic carbocycles. The molecule has 0 fully saturated rings. The summed E-state index contributed by atoms with van der Waals surface area (Å²) < 4.78 is 5.25. The number of hydrogen-bond acceptors (Lipinski definition) is 4. The Morgan fingerprint density at radius 1 is 1.09 bits per heavy atom. The Kier molecular flexibility index (Phi) is 3.36. The molecule has 0 aromatic heterocycles. The van der Waals surface area contributed by atoms with Crippen LogP contribution in [0.4, 0.5) is 0 Å². The number of fused-ring (bicyclic) bond motifs is 1. The van der Waals surface area contributed by atoms with Crippen molar-refractivity contribution in [2.45, 2.75) is 6.54 Å². The van der Waals surface area contributed by atoms with Crippen LogP contribution in [0.1, 0.15) is 31.8 Å². The highest BCUT2D eigenvalue weighted by molar-refractivity contribution is 6.21. The highest BCUT2D eigenvalue weighted by Crippen LogP contribution is 2.27. The molecule has 5 nitrogen and oxygen atoms in total. The van der Waals surface area contributed by atoms with Crippen molar-refractivity contribution in [3.05, 3.63) is 64.7 Å². The highest BCUT2D eigenvalue weighted by Gasteiger charge is 2.35. The average Bonchev–Trinajstić information content (AvgIpc) is 2.80. The number of imide groups is 1. The van der Waals surface area contributed by atoms with Crippen LogP contribution in [-0.2, 0) is 6.54 Å². The van der Waals surface area contributed by atoms with Gasteiger partial charge in [-0.05, 0) is 24.3 Å². The van der Waals surface area contributed by atoms with Crippen molar-refractivity contribution in [3.8, 4) is 11.8 Å². The van der Waals surface area contributed by atoms with E-state index in [9.17, 15) is 9.59 Å². The van der Waals surface area contributed by atoms with E-state index in [1.54, 1.807) is 42.5 Å². The first-order valence-corrected chi connectivity index (χ1v) is 6.68. The number of rotatable bonds is 3. The van der Waals surface area contributed by atoms with Crippen molar-refractivity contribution < 1.29 is 14.3 Å². The van der Waals surface area contributed by atoms with Gasteiger partial charge in [0.15, 0.2) is 0 Å². The molecule has 0 radical (unpaired) electrons. The first-order valence-electron chi connectivity index (χ1n) is 6.68. The van der Waals surface area contributed by atoms with E-state index in [1.165, 1.54) is 12.0 Å². The van der Waals surface area contributed by atoms with E-state index in [-0.39, 0.29) is 18.4 Å². The molecule has 2 amide bonds. The predicted molar refractivity (Wildman–Crippen MR) is 78.4 cm³/mol. The number of hydrogen-bond donors (Lipinski definition) is 0. The van der Waals surface area contributed by atoms with Crippen molar-refractivity contribution >= 4 is 11.8 Å². The van der Waals surface area contributed by atoms with Gasteiger partial charge in [-0.25, -0.2) is 0 Å². The van der Waals surface area contributed by atoms with Crippen molar-refractivity contribution in [3.63, 3.8) is 0 Å². The molecule has 0 bridgehead atoms. The standard InChI is InChI=1S/C17H12N2O3/c1-22-15-8-11(9-18)6-7-12(15)10-19-16(20)13-4-2-3-5-14(13)17(19)21/h2-8H,10H2,1H3. The molecule has 0 N–H and O–H groups in total. The molecular formula is C17H12N2O3. The minimum atomic E-state index is -0.313. The Morgan fingerprint density at radius 2 is 1.73 bits per heavy atom. The van der Waals surface area contributed by atoms with E-state index in [4.69, 9.17) is 10.00 Å². The maximum Gasteiger partial charge on any atom is 0.261 e. The maximum atomic E-state index is 12.3. The molecule has 1 heterocycles. The number of nitrogens with zero attached hydrogens (tertiary/aromatic N) is 2. The van der Waals surface area contributed by atoms with Crippen LogP contribution in [0, 0.1) is 11.3 Å². The monoisotopic (exact) mass is 292 g/mol. The first kappa shape index (κ1) is 13.8. The van der Waals surface area contributed by atoms with Gasteiger partial charge in [-0.1, -0.05) is 18.2 Å². The van der Waals surface area contributed by atoms with Gasteiger partial charge in [0.1, 0.15) is 5.75 Å². The highest BCUT2D eigenvalue weighted by atomic mass is 16.5. The number of carbonyl (C=O) groups is 2. The summed E-state index contributed by atoms with van der Waals surface area (Å²) in [6.45, 7) is 0.112. The minimum Gasteiger partial charge on any atom is -0.496 e. The average molecular weight is 292 g/mol. The van der Waals surface area contributed by atoms with Crippen molar-refractivity contribution in [2.24, 2.45) is 0 Å². The van der Waals surface area contributed by atoms with Gasteiger partial charge in [0.25, 0.3) is 11.8 Å². The Labute approximate surface area is 127 Å². The topological polar surface area (TPSA) is 70.4 Å². The van der Waals surface area contributed by atoms with E-state index in [2.05, 4.69) is 0 Å². The predicted octanol–water partition coefficient (Wildman–Crippen LogP) is 2.36. The van der Waals surface area contributed by atoms with Gasteiger partial charge in [-0.2, -0.15) is 5.26 Å². The lowest BCUT2D eigenvalue weighted by Gasteiger charge is -2.16. The fourth-order valence-electron chi connectivity index (χ4n) is 2.50. The molecule has 2 aromatic carbocycles. The molecule has 1 aliphatic rings. The fraction of sp³-hybridized carbons (Fsp3) is 0.118. The van der Waals surface area contributed by atoms with Crippen LogP contribution in [0.25, 0.3) is 0 Å². The number of benzene rings is 2. The third-order valence-corrected chi connectivity index (χ3v) is 3.62. The molecule has 0 unspecified atom stereocenters. The van der Waals surface area contributed by atoms with E-state index in [0.717, 1.165) is 0 Å². The van der Waals surface area contributed by atoms with Crippen LogP contribution < -0.4 is 4.74 Å². The second-order valence-corrected chi connectivity index (χ2v) is 4.88. The maximum absolute atomic E-state index is 12.3. The van der Waals surface area contributed by atoms with Gasteiger partial charge in [0.05, 0.1) is 36.4 Å². The number of ether oxygens (including phenoxy) is 1. The molecular weight excluding hydrogens is 280 g/mol. The number of nitriles is 1. The fourth-order valence-corrected chi connectivity index (χ4v) is 2.50. The van der Waals surface area contributed by atoms with Crippen molar-refractivity contribution in [2.75, 3.05) is 7.11 Å². The van der Waals surface area contributed by atoms with Gasteiger partial charge in [0, 0.05) is 5.56 Å². The van der Waals surface area contributed by atoms with Crippen LogP contribution in [-0.4, -0.2) is 23.8 Å². The quantitative estimate of drug-likeness (QED) is 0.814. The lowest BCUT2D eigenvalue weighted by atomic mass is 10.1. The molecule has 0 atom stereocenters.